The molecule has 1 aliphatic rings. The highest BCUT2D eigenvalue weighted by Crippen LogP contribution is 2.35. The minimum absolute atomic E-state index is 0.0205. The second-order valence-electron chi connectivity index (χ2n) is 6.20. The lowest BCUT2D eigenvalue weighted by Gasteiger charge is -2.43. The van der Waals surface area contributed by atoms with E-state index in [0.717, 1.165) is 6.54 Å². The van der Waals surface area contributed by atoms with Crippen molar-refractivity contribution in [3.63, 3.8) is 0 Å². The molecule has 1 rings (SSSR count). The molecule has 1 saturated carbocycles. The average molecular weight is 213 g/mol. The van der Waals surface area contributed by atoms with E-state index in [1.165, 1.54) is 32.1 Å². The zero-order chi connectivity index (χ0) is 11.5. The van der Waals surface area contributed by atoms with Crippen molar-refractivity contribution in [2.45, 2.75) is 64.1 Å². The van der Waals surface area contributed by atoms with Crippen LogP contribution in [0.3, 0.4) is 0 Å². The van der Waals surface area contributed by atoms with Crippen LogP contribution in [0.25, 0.3) is 0 Å². The van der Waals surface area contributed by atoms with Crippen LogP contribution in [0.2, 0.25) is 0 Å². The number of rotatable bonds is 3. The Morgan fingerprint density at radius 2 is 1.60 bits per heavy atom. The summed E-state index contributed by atoms with van der Waals surface area (Å²) in [6.07, 6.45) is 6.47. The molecule has 0 bridgehead atoms. The Labute approximate surface area is 95.0 Å². The van der Waals surface area contributed by atoms with E-state index in [-0.39, 0.29) is 11.2 Å². The highest BCUT2D eigenvalue weighted by Gasteiger charge is 2.36. The molecule has 0 aromatic rings. The van der Waals surface area contributed by atoms with Crippen LogP contribution in [0, 0.1) is 0 Å². The molecule has 0 saturated heterocycles. The van der Waals surface area contributed by atoms with Crippen LogP contribution < -0.4 is 0 Å². The van der Waals surface area contributed by atoms with Crippen LogP contribution in [0.4, 0.5) is 0 Å². The molecule has 0 aromatic carbocycles. The van der Waals surface area contributed by atoms with Gasteiger partial charge in [0.2, 0.25) is 0 Å². The number of hydrogen-bond acceptors (Lipinski definition) is 2. The second kappa shape index (κ2) is 4.84. The van der Waals surface area contributed by atoms with E-state index in [0.29, 0.717) is 0 Å². The third-order valence-corrected chi connectivity index (χ3v) is 2.89. The van der Waals surface area contributed by atoms with E-state index in [1.54, 1.807) is 0 Å². The van der Waals surface area contributed by atoms with Gasteiger partial charge < -0.3 is 9.64 Å². The maximum atomic E-state index is 6.34. The molecule has 0 amide bonds. The Morgan fingerprint density at radius 1 is 1.07 bits per heavy atom. The van der Waals surface area contributed by atoms with Gasteiger partial charge in [-0.1, -0.05) is 19.3 Å². The van der Waals surface area contributed by atoms with Gasteiger partial charge in [-0.3, -0.25) is 0 Å². The molecule has 2 heteroatoms. The van der Waals surface area contributed by atoms with Gasteiger partial charge in [0.1, 0.15) is 0 Å². The first kappa shape index (κ1) is 13.0. The van der Waals surface area contributed by atoms with Crippen LogP contribution in [0.15, 0.2) is 0 Å². The van der Waals surface area contributed by atoms with Crippen molar-refractivity contribution >= 4 is 0 Å². The molecule has 0 heterocycles. The summed E-state index contributed by atoms with van der Waals surface area (Å²) in [6, 6.07) is 0. The van der Waals surface area contributed by atoms with E-state index >= 15 is 0 Å². The lowest BCUT2D eigenvalue weighted by molar-refractivity contribution is -0.155. The fourth-order valence-corrected chi connectivity index (χ4v) is 2.71. The Kier molecular flexibility index (Phi) is 4.19. The van der Waals surface area contributed by atoms with Crippen molar-refractivity contribution in [2.24, 2.45) is 0 Å². The fourth-order valence-electron chi connectivity index (χ4n) is 2.71. The lowest BCUT2D eigenvalue weighted by Crippen LogP contribution is -2.48. The van der Waals surface area contributed by atoms with Crippen LogP contribution in [0.5, 0.6) is 0 Å². The summed E-state index contributed by atoms with van der Waals surface area (Å²) < 4.78 is 6.34. The predicted octanol–water partition coefficient (Wildman–Crippen LogP) is 3.07. The van der Waals surface area contributed by atoms with Gasteiger partial charge in [0.05, 0.1) is 11.2 Å². The maximum absolute atomic E-state index is 6.34. The van der Waals surface area contributed by atoms with Crippen molar-refractivity contribution in [2.75, 3.05) is 20.6 Å². The molecule has 1 fully saturated rings. The number of ether oxygens (including phenoxy) is 1. The van der Waals surface area contributed by atoms with Crippen LogP contribution in [-0.2, 0) is 4.74 Å². The van der Waals surface area contributed by atoms with Crippen molar-refractivity contribution in [1.82, 2.24) is 4.90 Å². The summed E-state index contributed by atoms with van der Waals surface area (Å²) in [4.78, 5) is 2.26. The second-order valence-corrected chi connectivity index (χ2v) is 6.20. The van der Waals surface area contributed by atoms with E-state index < -0.39 is 0 Å². The normalized spacial score (nSPS) is 22.0. The topological polar surface area (TPSA) is 12.5 Å². The molecule has 0 atom stereocenters. The summed E-state index contributed by atoms with van der Waals surface area (Å²) in [7, 11) is 4.28. The van der Waals surface area contributed by atoms with Gasteiger partial charge in [-0.05, 0) is 47.7 Å². The van der Waals surface area contributed by atoms with Gasteiger partial charge in [0, 0.05) is 6.54 Å². The minimum Gasteiger partial charge on any atom is -0.368 e. The first-order chi connectivity index (χ1) is 6.83. The molecule has 0 N–H and O–H groups in total. The van der Waals surface area contributed by atoms with E-state index in [1.807, 2.05) is 0 Å². The average Bonchev–Trinajstić information content (AvgIpc) is 1.99. The van der Waals surface area contributed by atoms with Gasteiger partial charge in [-0.25, -0.2) is 0 Å². The smallest absolute Gasteiger partial charge is 0.0815 e. The number of hydrogen-bond donors (Lipinski definition) is 0. The molecule has 90 valence electrons. The van der Waals surface area contributed by atoms with Crippen LogP contribution >= 0.6 is 0 Å². The third kappa shape index (κ3) is 4.52. The number of likely N-dealkylation sites (N-methyl/N-ethyl adjacent to an activating group) is 1. The summed E-state index contributed by atoms with van der Waals surface area (Å²) >= 11 is 0. The molecule has 0 spiro atoms. The quantitative estimate of drug-likeness (QED) is 0.714. The highest BCUT2D eigenvalue weighted by molar-refractivity contribution is 4.88. The summed E-state index contributed by atoms with van der Waals surface area (Å²) in [5.41, 5.74) is 0.0906. The van der Waals surface area contributed by atoms with Gasteiger partial charge in [0.25, 0.3) is 0 Å². The zero-order valence-electron chi connectivity index (χ0n) is 11.1. The first-order valence-electron chi connectivity index (χ1n) is 6.18. The molecule has 0 aromatic heterocycles. The highest BCUT2D eigenvalue weighted by atomic mass is 16.5. The third-order valence-electron chi connectivity index (χ3n) is 2.89. The van der Waals surface area contributed by atoms with Crippen molar-refractivity contribution in [1.29, 1.82) is 0 Å². The van der Waals surface area contributed by atoms with E-state index in [9.17, 15) is 0 Å². The first-order valence-corrected chi connectivity index (χ1v) is 6.18. The zero-order valence-corrected chi connectivity index (χ0v) is 11.1. The lowest BCUT2D eigenvalue weighted by atomic mass is 9.83. The van der Waals surface area contributed by atoms with Gasteiger partial charge >= 0.3 is 0 Å². The predicted molar refractivity (Wildman–Crippen MR) is 65.2 cm³/mol. The molecule has 15 heavy (non-hydrogen) atoms. The summed E-state index contributed by atoms with van der Waals surface area (Å²) in [5, 5.41) is 0. The number of nitrogens with zero attached hydrogens (tertiary/aromatic N) is 1. The fraction of sp³-hybridized carbons (Fsp3) is 1.00. The molecule has 0 unspecified atom stereocenters. The van der Waals surface area contributed by atoms with Gasteiger partial charge in [-0.15, -0.1) is 0 Å². The Balaban J connectivity index is 2.66. The van der Waals surface area contributed by atoms with Gasteiger partial charge in [0.15, 0.2) is 0 Å². The van der Waals surface area contributed by atoms with Crippen molar-refractivity contribution in [3.8, 4) is 0 Å². The van der Waals surface area contributed by atoms with Crippen LogP contribution in [0.1, 0.15) is 52.9 Å². The minimum atomic E-state index is -0.0205. The summed E-state index contributed by atoms with van der Waals surface area (Å²) in [5.74, 6) is 0. The van der Waals surface area contributed by atoms with E-state index in [4.69, 9.17) is 4.74 Å². The molecular formula is C13H27NO. The Morgan fingerprint density at radius 3 is 2.00 bits per heavy atom. The Hall–Kier alpha value is -0.0800. The van der Waals surface area contributed by atoms with Crippen molar-refractivity contribution < 1.29 is 4.74 Å². The molecule has 1 aliphatic carbocycles. The largest absolute Gasteiger partial charge is 0.368 e. The van der Waals surface area contributed by atoms with Gasteiger partial charge in [-0.2, -0.15) is 0 Å². The molecule has 2 nitrogen and oxygen atoms in total. The standard InChI is InChI=1S/C13H27NO/c1-12(2,3)15-13(11-14(4)5)9-7-6-8-10-13/h6-11H2,1-5H3. The SMILES string of the molecule is CN(C)CC1(OC(C)(C)C)CCCCC1. The molecule has 0 radical (unpaired) electrons. The molecule has 0 aliphatic heterocycles. The maximum Gasteiger partial charge on any atom is 0.0815 e. The van der Waals surface area contributed by atoms with Crippen molar-refractivity contribution in [3.05, 3.63) is 0 Å². The Bertz CT molecular complexity index is 187. The monoisotopic (exact) mass is 213 g/mol. The van der Waals surface area contributed by atoms with E-state index in [2.05, 4.69) is 39.8 Å². The molecular weight excluding hydrogens is 186 g/mol. The van der Waals surface area contributed by atoms with Crippen LogP contribution in [-0.4, -0.2) is 36.7 Å². The summed E-state index contributed by atoms with van der Waals surface area (Å²) in [6.45, 7) is 7.56.